The van der Waals surface area contributed by atoms with E-state index in [-0.39, 0.29) is 23.6 Å². The van der Waals surface area contributed by atoms with Crippen molar-refractivity contribution in [3.05, 3.63) is 36.4 Å². The second-order valence-electron chi connectivity index (χ2n) is 7.17. The Labute approximate surface area is 187 Å². The second-order valence-corrected chi connectivity index (χ2v) is 8.77. The van der Waals surface area contributed by atoms with Gasteiger partial charge in [0, 0.05) is 30.3 Å². The molecule has 0 unspecified atom stereocenters. The number of amides is 2. The topological polar surface area (TPSA) is 95.4 Å². The van der Waals surface area contributed by atoms with Gasteiger partial charge in [-0.1, -0.05) is 11.6 Å². The number of pyridine rings is 1. The van der Waals surface area contributed by atoms with Gasteiger partial charge in [-0.15, -0.1) is 0 Å². The number of imide groups is 1. The molecule has 0 saturated heterocycles. The number of thioether (sulfide) groups is 1. The lowest BCUT2D eigenvalue weighted by atomic mass is 10.2. The van der Waals surface area contributed by atoms with Gasteiger partial charge >= 0.3 is 12.3 Å². The average Bonchev–Trinajstić information content (AvgIpc) is 2.62. The fourth-order valence-corrected chi connectivity index (χ4v) is 3.07. The lowest BCUT2D eigenvalue weighted by Gasteiger charge is -2.27. The van der Waals surface area contributed by atoms with Crippen LogP contribution in [-0.4, -0.2) is 50.3 Å². The summed E-state index contributed by atoms with van der Waals surface area (Å²) in [7, 11) is 0. The van der Waals surface area contributed by atoms with E-state index in [4.69, 9.17) is 21.7 Å². The van der Waals surface area contributed by atoms with E-state index in [0.29, 0.717) is 10.6 Å². The highest BCUT2D eigenvalue weighted by Crippen LogP contribution is 2.23. The van der Waals surface area contributed by atoms with Crippen molar-refractivity contribution in [2.24, 2.45) is 0 Å². The van der Waals surface area contributed by atoms with Crippen LogP contribution in [0.25, 0.3) is 0 Å². The number of anilines is 1. The van der Waals surface area contributed by atoms with Gasteiger partial charge in [0.15, 0.2) is 0 Å². The molecule has 1 rings (SSSR count). The van der Waals surface area contributed by atoms with E-state index in [0.717, 1.165) is 11.8 Å². The Hall–Kier alpha value is -2.27. The third kappa shape index (κ3) is 11.1. The van der Waals surface area contributed by atoms with Crippen molar-refractivity contribution in [2.45, 2.75) is 45.4 Å². The predicted octanol–water partition coefficient (Wildman–Crippen LogP) is 5.39. The van der Waals surface area contributed by atoms with Crippen LogP contribution in [0.1, 0.15) is 33.6 Å². The van der Waals surface area contributed by atoms with Gasteiger partial charge in [0.25, 0.3) is 0 Å². The minimum absolute atomic E-state index is 0.0488. The number of carbonyl (C=O) groups is 2. The van der Waals surface area contributed by atoms with Gasteiger partial charge in [0.1, 0.15) is 16.5 Å². The number of alkyl halides is 3. The molecule has 0 fully saturated rings. The van der Waals surface area contributed by atoms with Crippen molar-refractivity contribution in [3.63, 3.8) is 0 Å². The largest absolute Gasteiger partial charge is 0.443 e. The molecule has 7 nitrogen and oxygen atoms in total. The van der Waals surface area contributed by atoms with Crippen LogP contribution in [-0.2, 0) is 9.53 Å². The van der Waals surface area contributed by atoms with E-state index in [2.05, 4.69) is 10.3 Å². The quantitative estimate of drug-likeness (QED) is 0.363. The number of allylic oxidation sites excluding steroid dienone is 1. The van der Waals surface area contributed by atoms with Gasteiger partial charge in [-0.3, -0.25) is 15.2 Å². The van der Waals surface area contributed by atoms with Crippen LogP contribution in [0.15, 0.2) is 36.4 Å². The molecule has 0 aliphatic carbocycles. The second kappa shape index (κ2) is 11.9. The summed E-state index contributed by atoms with van der Waals surface area (Å²) < 4.78 is 42.0. The van der Waals surface area contributed by atoms with Crippen LogP contribution in [0.2, 0.25) is 0 Å². The van der Waals surface area contributed by atoms with Crippen molar-refractivity contribution in [3.8, 4) is 0 Å². The number of hydrogen-bond acceptors (Lipinski definition) is 7. The van der Waals surface area contributed by atoms with Gasteiger partial charge in [-0.05, 0) is 32.9 Å². The number of nitrogens with zero attached hydrogens (tertiary/aromatic N) is 2. The van der Waals surface area contributed by atoms with Crippen LogP contribution in [0, 0.1) is 5.41 Å². The van der Waals surface area contributed by atoms with Gasteiger partial charge in [-0.25, -0.2) is 9.69 Å². The standard InChI is InChI=1S/C19H24ClF3N4O3S/c1-18(2,3)30-17(29)27(15(28)6-9-31-10-7-19(21,22)23)14(16(20)24)12-26-13-5-4-8-25-11-13/h4-5,8,11-12,24,26H,6-7,9-10H2,1-3H3/b14-12+,24-16?. The minimum atomic E-state index is -4.28. The lowest BCUT2D eigenvalue weighted by molar-refractivity contribution is -0.129. The molecule has 1 heterocycles. The maximum atomic E-state index is 12.7. The van der Waals surface area contributed by atoms with Gasteiger partial charge in [-0.2, -0.15) is 24.9 Å². The Morgan fingerprint density at radius 2 is 2.00 bits per heavy atom. The summed E-state index contributed by atoms with van der Waals surface area (Å²) in [6.45, 7) is 4.80. The zero-order chi connectivity index (χ0) is 23.7. The highest BCUT2D eigenvalue weighted by molar-refractivity contribution is 7.99. The zero-order valence-electron chi connectivity index (χ0n) is 17.3. The van der Waals surface area contributed by atoms with Crippen LogP contribution >= 0.6 is 23.4 Å². The maximum absolute atomic E-state index is 12.7. The molecule has 0 saturated carbocycles. The first kappa shape index (κ1) is 26.8. The highest BCUT2D eigenvalue weighted by Gasteiger charge is 2.32. The summed E-state index contributed by atoms with van der Waals surface area (Å²) in [6.07, 6.45) is -2.35. The molecular weight excluding hydrogens is 457 g/mol. The fourth-order valence-electron chi connectivity index (χ4n) is 2.03. The molecule has 172 valence electrons. The van der Waals surface area contributed by atoms with Crippen LogP contribution < -0.4 is 5.32 Å². The molecule has 1 aromatic rings. The Morgan fingerprint density at radius 3 is 2.52 bits per heavy atom. The number of ether oxygens (including phenoxy) is 1. The number of aromatic nitrogens is 1. The zero-order valence-corrected chi connectivity index (χ0v) is 18.8. The van der Waals surface area contributed by atoms with E-state index >= 15 is 0 Å². The highest BCUT2D eigenvalue weighted by atomic mass is 35.5. The fraction of sp³-hybridized carbons (Fsp3) is 0.474. The molecule has 0 radical (unpaired) electrons. The smallest absolute Gasteiger partial charge is 0.421 e. The molecule has 0 spiro atoms. The third-order valence-corrected chi connectivity index (χ3v) is 4.50. The molecule has 0 aromatic carbocycles. The van der Waals surface area contributed by atoms with Crippen molar-refractivity contribution in [2.75, 3.05) is 16.8 Å². The molecule has 2 amide bonds. The summed E-state index contributed by atoms with van der Waals surface area (Å²) in [4.78, 5) is 29.9. The first-order valence-electron chi connectivity index (χ1n) is 9.12. The number of hydrogen-bond donors (Lipinski definition) is 2. The molecular formula is C19H24ClF3N4O3S. The number of halogens is 4. The Morgan fingerprint density at radius 1 is 1.32 bits per heavy atom. The minimum Gasteiger partial charge on any atom is -0.443 e. The van der Waals surface area contributed by atoms with Crippen molar-refractivity contribution in [1.82, 2.24) is 9.88 Å². The van der Waals surface area contributed by atoms with Gasteiger partial charge in [0.05, 0.1) is 18.3 Å². The SMILES string of the molecule is CC(C)(C)OC(=O)N(C(=O)CCSCCC(F)(F)F)/C(=C/Nc1cccnc1)C(=N)Cl. The summed E-state index contributed by atoms with van der Waals surface area (Å²) in [5.74, 6) is -0.925. The first-order valence-corrected chi connectivity index (χ1v) is 10.6. The molecule has 1 aromatic heterocycles. The summed E-state index contributed by atoms with van der Waals surface area (Å²) in [6, 6.07) is 3.31. The molecule has 0 atom stereocenters. The molecule has 0 aliphatic heterocycles. The Balaban J connectivity index is 3.00. The van der Waals surface area contributed by atoms with Crippen molar-refractivity contribution in [1.29, 1.82) is 5.41 Å². The van der Waals surface area contributed by atoms with Crippen molar-refractivity contribution >= 4 is 46.2 Å². The van der Waals surface area contributed by atoms with Crippen LogP contribution in [0.3, 0.4) is 0 Å². The summed E-state index contributed by atoms with van der Waals surface area (Å²) in [5, 5.41) is 9.97. The number of rotatable bonds is 9. The molecule has 2 N–H and O–H groups in total. The normalized spacial score (nSPS) is 12.3. The molecule has 0 aliphatic rings. The number of carbonyl (C=O) groups excluding carboxylic acids is 2. The molecule has 0 bridgehead atoms. The summed E-state index contributed by atoms with van der Waals surface area (Å²) >= 11 is 6.76. The lowest BCUT2D eigenvalue weighted by Crippen LogP contribution is -2.42. The number of nitrogens with one attached hydrogen (secondary N) is 2. The van der Waals surface area contributed by atoms with E-state index in [9.17, 15) is 22.8 Å². The Kier molecular flexibility index (Phi) is 10.3. The Bertz CT molecular complexity index is 799. The summed E-state index contributed by atoms with van der Waals surface area (Å²) in [5.41, 5.74) is -0.699. The van der Waals surface area contributed by atoms with Gasteiger partial charge < -0.3 is 10.1 Å². The van der Waals surface area contributed by atoms with Crippen LogP contribution in [0.5, 0.6) is 0 Å². The van der Waals surface area contributed by atoms with E-state index in [1.165, 1.54) is 12.4 Å². The molecule has 12 heteroatoms. The van der Waals surface area contributed by atoms with Crippen LogP contribution in [0.4, 0.5) is 23.7 Å². The molecule has 31 heavy (non-hydrogen) atoms. The first-order chi connectivity index (χ1) is 14.3. The monoisotopic (exact) mass is 480 g/mol. The average molecular weight is 481 g/mol. The van der Waals surface area contributed by atoms with Gasteiger partial charge in [0.2, 0.25) is 5.91 Å². The van der Waals surface area contributed by atoms with Crippen molar-refractivity contribution < 1.29 is 27.5 Å². The maximum Gasteiger partial charge on any atom is 0.421 e. The van der Waals surface area contributed by atoms with E-state index in [1.54, 1.807) is 39.1 Å². The van der Waals surface area contributed by atoms with E-state index in [1.807, 2.05) is 0 Å². The predicted molar refractivity (Wildman–Crippen MR) is 115 cm³/mol. The third-order valence-electron chi connectivity index (χ3n) is 3.32. The van der Waals surface area contributed by atoms with E-state index < -0.39 is 35.4 Å².